The molecule has 0 atom stereocenters. The number of hydrogen-bond donors (Lipinski definition) is 2. The van der Waals surface area contributed by atoms with Crippen LogP contribution in [-0.4, -0.2) is 16.2 Å². The fourth-order valence-electron chi connectivity index (χ4n) is 1.71. The van der Waals surface area contributed by atoms with Gasteiger partial charge >= 0.3 is 0 Å². The van der Waals surface area contributed by atoms with Crippen molar-refractivity contribution in [3.63, 3.8) is 0 Å². The number of aromatic amines is 1. The normalized spacial score (nSPS) is 10.9. The van der Waals surface area contributed by atoms with Crippen molar-refractivity contribution in [2.45, 2.75) is 27.2 Å². The Hall–Kier alpha value is -2.43. The number of hydrazone groups is 1. The number of aromatic nitrogens is 2. The van der Waals surface area contributed by atoms with Crippen molar-refractivity contribution in [1.82, 2.24) is 9.97 Å². The van der Waals surface area contributed by atoms with E-state index in [1.807, 2.05) is 12.1 Å². The summed E-state index contributed by atoms with van der Waals surface area (Å²) in [5.41, 5.74) is 6.17. The summed E-state index contributed by atoms with van der Waals surface area (Å²) in [6, 6.07) is 8.14. The SMILES string of the molecule is CCc1ccc(/C=N\Nc2nc(C)c(C)c(=O)[nH]2)cc1. The molecule has 2 N–H and O–H groups in total. The highest BCUT2D eigenvalue weighted by molar-refractivity contribution is 5.80. The Kier molecular flexibility index (Phi) is 4.30. The molecule has 20 heavy (non-hydrogen) atoms. The summed E-state index contributed by atoms with van der Waals surface area (Å²) in [7, 11) is 0. The van der Waals surface area contributed by atoms with Gasteiger partial charge in [-0.2, -0.15) is 5.10 Å². The molecular weight excluding hydrogens is 252 g/mol. The van der Waals surface area contributed by atoms with E-state index in [2.05, 4.69) is 39.6 Å². The summed E-state index contributed by atoms with van der Waals surface area (Å²) < 4.78 is 0. The number of rotatable bonds is 4. The zero-order valence-corrected chi connectivity index (χ0v) is 11.9. The number of aryl methyl sites for hydroxylation is 2. The van der Waals surface area contributed by atoms with Crippen LogP contribution in [0.15, 0.2) is 34.2 Å². The minimum Gasteiger partial charge on any atom is -0.291 e. The molecule has 5 nitrogen and oxygen atoms in total. The van der Waals surface area contributed by atoms with Crippen LogP contribution in [0, 0.1) is 13.8 Å². The van der Waals surface area contributed by atoms with Crippen LogP contribution in [0.25, 0.3) is 0 Å². The third-order valence-corrected chi connectivity index (χ3v) is 3.17. The van der Waals surface area contributed by atoms with Gasteiger partial charge in [0.1, 0.15) is 0 Å². The second kappa shape index (κ2) is 6.14. The van der Waals surface area contributed by atoms with Crippen molar-refractivity contribution in [3.8, 4) is 0 Å². The van der Waals surface area contributed by atoms with Crippen LogP contribution in [0.4, 0.5) is 5.95 Å². The predicted octanol–water partition coefficient (Wildman–Crippen LogP) is 2.40. The van der Waals surface area contributed by atoms with Gasteiger partial charge in [0.15, 0.2) is 0 Å². The second-order valence-electron chi connectivity index (χ2n) is 4.59. The molecule has 1 heterocycles. The number of H-pyrrole nitrogens is 1. The highest BCUT2D eigenvalue weighted by Crippen LogP contribution is 2.04. The number of nitrogens with one attached hydrogen (secondary N) is 2. The lowest BCUT2D eigenvalue weighted by molar-refractivity contribution is 1.01. The topological polar surface area (TPSA) is 70.1 Å². The lowest BCUT2D eigenvalue weighted by Gasteiger charge is -2.02. The van der Waals surface area contributed by atoms with Crippen LogP contribution in [0.2, 0.25) is 0 Å². The summed E-state index contributed by atoms with van der Waals surface area (Å²) >= 11 is 0. The maximum absolute atomic E-state index is 11.6. The van der Waals surface area contributed by atoms with E-state index in [4.69, 9.17) is 0 Å². The molecule has 0 fully saturated rings. The molecule has 2 aromatic rings. The maximum atomic E-state index is 11.6. The van der Waals surface area contributed by atoms with Gasteiger partial charge in [-0.05, 0) is 31.4 Å². The zero-order chi connectivity index (χ0) is 14.5. The molecular formula is C15H18N4O. The first-order valence-electron chi connectivity index (χ1n) is 6.55. The van der Waals surface area contributed by atoms with Gasteiger partial charge < -0.3 is 0 Å². The van der Waals surface area contributed by atoms with Crippen molar-refractivity contribution in [1.29, 1.82) is 0 Å². The smallest absolute Gasteiger partial charge is 0.255 e. The number of benzene rings is 1. The summed E-state index contributed by atoms with van der Waals surface area (Å²) in [5.74, 6) is 0.347. The molecule has 0 unspecified atom stereocenters. The molecule has 0 saturated heterocycles. The Bertz CT molecular complexity index is 671. The lowest BCUT2D eigenvalue weighted by Crippen LogP contribution is -2.15. The van der Waals surface area contributed by atoms with Crippen molar-refractivity contribution in [2.24, 2.45) is 5.10 Å². The first-order valence-corrected chi connectivity index (χ1v) is 6.55. The van der Waals surface area contributed by atoms with Crippen LogP contribution < -0.4 is 11.0 Å². The van der Waals surface area contributed by atoms with Crippen LogP contribution in [0.1, 0.15) is 29.3 Å². The van der Waals surface area contributed by atoms with Crippen molar-refractivity contribution in [3.05, 3.63) is 57.0 Å². The molecule has 104 valence electrons. The first kappa shape index (κ1) is 14.0. The van der Waals surface area contributed by atoms with E-state index in [-0.39, 0.29) is 5.56 Å². The minimum absolute atomic E-state index is 0.150. The highest BCUT2D eigenvalue weighted by atomic mass is 16.1. The molecule has 0 bridgehead atoms. The summed E-state index contributed by atoms with van der Waals surface area (Å²) in [5, 5.41) is 4.07. The maximum Gasteiger partial charge on any atom is 0.255 e. The Labute approximate surface area is 117 Å². The standard InChI is InChI=1S/C15H18N4O/c1-4-12-5-7-13(8-6-12)9-16-19-15-17-11(3)10(2)14(20)18-15/h5-9H,4H2,1-3H3,(H2,17,18,19,20)/b16-9-. The molecule has 5 heteroatoms. The quantitative estimate of drug-likeness (QED) is 0.662. The van der Waals surface area contributed by atoms with Gasteiger partial charge in [0, 0.05) is 11.3 Å². The molecule has 0 aliphatic rings. The van der Waals surface area contributed by atoms with Crippen molar-refractivity contribution in [2.75, 3.05) is 5.43 Å². The summed E-state index contributed by atoms with van der Waals surface area (Å²) in [6.07, 6.45) is 2.71. The van der Waals surface area contributed by atoms with Gasteiger partial charge in [-0.15, -0.1) is 0 Å². The molecule has 0 spiro atoms. The van der Waals surface area contributed by atoms with E-state index in [1.165, 1.54) is 5.56 Å². The Morgan fingerprint density at radius 2 is 2.00 bits per heavy atom. The fraction of sp³-hybridized carbons (Fsp3) is 0.267. The molecule has 0 aliphatic heterocycles. The summed E-state index contributed by atoms with van der Waals surface area (Å²) in [4.78, 5) is 18.4. The Morgan fingerprint density at radius 3 is 2.60 bits per heavy atom. The molecule has 1 aromatic heterocycles. The largest absolute Gasteiger partial charge is 0.291 e. The second-order valence-corrected chi connectivity index (χ2v) is 4.59. The molecule has 1 aromatic carbocycles. The molecule has 2 rings (SSSR count). The van der Waals surface area contributed by atoms with E-state index >= 15 is 0 Å². The zero-order valence-electron chi connectivity index (χ0n) is 11.9. The number of hydrogen-bond acceptors (Lipinski definition) is 4. The van der Waals surface area contributed by atoms with E-state index in [9.17, 15) is 4.79 Å². The van der Waals surface area contributed by atoms with Crippen LogP contribution in [0.3, 0.4) is 0 Å². The Balaban J connectivity index is 2.07. The molecule has 0 saturated carbocycles. The summed E-state index contributed by atoms with van der Waals surface area (Å²) in [6.45, 7) is 5.65. The Morgan fingerprint density at radius 1 is 1.30 bits per heavy atom. The monoisotopic (exact) mass is 270 g/mol. The average Bonchev–Trinajstić information content (AvgIpc) is 2.45. The number of anilines is 1. The van der Waals surface area contributed by atoms with Gasteiger partial charge in [0.25, 0.3) is 5.56 Å². The predicted molar refractivity (Wildman–Crippen MR) is 81.4 cm³/mol. The molecule has 0 amide bonds. The van der Waals surface area contributed by atoms with Gasteiger partial charge in [-0.3, -0.25) is 9.78 Å². The number of nitrogens with zero attached hydrogens (tertiary/aromatic N) is 2. The molecule has 0 radical (unpaired) electrons. The fourth-order valence-corrected chi connectivity index (χ4v) is 1.71. The third kappa shape index (κ3) is 3.32. The van der Waals surface area contributed by atoms with Gasteiger partial charge in [-0.25, -0.2) is 10.4 Å². The third-order valence-electron chi connectivity index (χ3n) is 3.17. The van der Waals surface area contributed by atoms with Crippen LogP contribution in [0.5, 0.6) is 0 Å². The van der Waals surface area contributed by atoms with E-state index < -0.39 is 0 Å². The van der Waals surface area contributed by atoms with Gasteiger partial charge in [-0.1, -0.05) is 31.2 Å². The van der Waals surface area contributed by atoms with Crippen molar-refractivity contribution >= 4 is 12.2 Å². The van der Waals surface area contributed by atoms with Crippen molar-refractivity contribution < 1.29 is 0 Å². The highest BCUT2D eigenvalue weighted by Gasteiger charge is 2.01. The van der Waals surface area contributed by atoms with E-state index in [0.717, 1.165) is 12.0 Å². The first-order chi connectivity index (χ1) is 9.60. The lowest BCUT2D eigenvalue weighted by atomic mass is 10.1. The van der Waals surface area contributed by atoms with Crippen LogP contribution in [-0.2, 0) is 6.42 Å². The van der Waals surface area contributed by atoms with Gasteiger partial charge in [0.05, 0.1) is 6.21 Å². The van der Waals surface area contributed by atoms with E-state index in [1.54, 1.807) is 20.1 Å². The minimum atomic E-state index is -0.150. The van der Waals surface area contributed by atoms with Gasteiger partial charge in [0.2, 0.25) is 5.95 Å². The molecule has 0 aliphatic carbocycles. The van der Waals surface area contributed by atoms with Crippen LogP contribution >= 0.6 is 0 Å². The van der Waals surface area contributed by atoms with E-state index in [0.29, 0.717) is 17.2 Å². The average molecular weight is 270 g/mol.